The molecule has 1 N–H and O–H groups in total. The maximum absolute atomic E-state index is 13.2. The van der Waals surface area contributed by atoms with Crippen LogP contribution in [0, 0.1) is 5.82 Å². The summed E-state index contributed by atoms with van der Waals surface area (Å²) in [6.07, 6.45) is 0. The van der Waals surface area contributed by atoms with E-state index in [9.17, 15) is 9.18 Å². The van der Waals surface area contributed by atoms with Gasteiger partial charge >= 0.3 is 0 Å². The number of methoxy groups -OCH3 is 1. The van der Waals surface area contributed by atoms with Crippen molar-refractivity contribution in [2.45, 2.75) is 0 Å². The van der Waals surface area contributed by atoms with Crippen molar-refractivity contribution in [3.05, 3.63) is 56.2 Å². The summed E-state index contributed by atoms with van der Waals surface area (Å²) in [6.45, 7) is 0. The first-order chi connectivity index (χ1) is 9.92. The number of halogens is 4. The van der Waals surface area contributed by atoms with Crippen molar-refractivity contribution in [2.24, 2.45) is 0 Å². The summed E-state index contributed by atoms with van der Waals surface area (Å²) < 4.78 is 18.6. The van der Waals surface area contributed by atoms with Gasteiger partial charge in [-0.15, -0.1) is 0 Å². The van der Waals surface area contributed by atoms with Crippen LogP contribution in [-0.4, -0.2) is 13.0 Å². The number of hydrogen-bond acceptors (Lipinski definition) is 2. The molecule has 0 saturated heterocycles. The molecule has 0 radical (unpaired) electrons. The van der Waals surface area contributed by atoms with E-state index < -0.39 is 11.7 Å². The molecule has 0 aliphatic carbocycles. The highest BCUT2D eigenvalue weighted by Crippen LogP contribution is 2.33. The molecule has 0 unspecified atom stereocenters. The van der Waals surface area contributed by atoms with Crippen LogP contribution in [0.2, 0.25) is 10.0 Å². The summed E-state index contributed by atoms with van der Waals surface area (Å²) in [5.74, 6) is -0.611. The number of benzene rings is 2. The maximum atomic E-state index is 13.2. The second kappa shape index (κ2) is 6.64. The van der Waals surface area contributed by atoms with Crippen molar-refractivity contribution in [3.8, 4) is 5.75 Å². The quantitative estimate of drug-likeness (QED) is 0.783. The lowest BCUT2D eigenvalue weighted by molar-refractivity contribution is 0.102. The number of hydrogen-bond donors (Lipinski definition) is 1. The van der Waals surface area contributed by atoms with Crippen LogP contribution in [-0.2, 0) is 0 Å². The first-order valence-corrected chi connectivity index (χ1v) is 7.26. The van der Waals surface area contributed by atoms with E-state index in [-0.39, 0.29) is 16.3 Å². The summed E-state index contributed by atoms with van der Waals surface area (Å²) >= 11 is 15.0. The van der Waals surface area contributed by atoms with Gasteiger partial charge in [0.15, 0.2) is 0 Å². The minimum Gasteiger partial charge on any atom is -0.496 e. The standard InChI is InChI=1S/C14H9BrCl2FNO2/c1-21-12-3-2-7(16)4-9(12)14(20)19-13-10(15)5-8(18)6-11(13)17/h2-6H,1H3,(H,19,20). The molecule has 21 heavy (non-hydrogen) atoms. The Kier molecular flexibility index (Phi) is 5.08. The summed E-state index contributed by atoms with van der Waals surface area (Å²) in [6, 6.07) is 6.98. The van der Waals surface area contributed by atoms with Crippen LogP contribution in [0.5, 0.6) is 5.75 Å². The molecule has 0 aliphatic rings. The zero-order valence-electron chi connectivity index (χ0n) is 10.7. The van der Waals surface area contributed by atoms with Crippen LogP contribution in [0.4, 0.5) is 10.1 Å². The molecule has 0 fully saturated rings. The number of amides is 1. The van der Waals surface area contributed by atoms with Gasteiger partial charge in [0.1, 0.15) is 11.6 Å². The molecular formula is C14H9BrCl2FNO2. The molecule has 7 heteroatoms. The summed E-state index contributed by atoms with van der Waals surface area (Å²) in [5, 5.41) is 3.07. The van der Waals surface area contributed by atoms with E-state index in [1.54, 1.807) is 12.1 Å². The largest absolute Gasteiger partial charge is 0.496 e. The average Bonchev–Trinajstić information content (AvgIpc) is 2.42. The number of carbonyl (C=O) groups is 1. The Bertz CT molecular complexity index is 686. The van der Waals surface area contributed by atoms with E-state index in [0.29, 0.717) is 15.2 Å². The first kappa shape index (κ1) is 16.1. The summed E-state index contributed by atoms with van der Waals surface area (Å²) in [5.41, 5.74) is 0.516. The zero-order valence-corrected chi connectivity index (χ0v) is 13.8. The van der Waals surface area contributed by atoms with Crippen LogP contribution in [0.3, 0.4) is 0 Å². The van der Waals surface area contributed by atoms with Gasteiger partial charge in [-0.3, -0.25) is 4.79 Å². The third kappa shape index (κ3) is 3.67. The molecule has 0 atom stereocenters. The number of rotatable bonds is 3. The Balaban J connectivity index is 2.37. The van der Waals surface area contributed by atoms with Crippen molar-refractivity contribution in [2.75, 3.05) is 12.4 Å². The van der Waals surface area contributed by atoms with Gasteiger partial charge in [0, 0.05) is 9.50 Å². The molecule has 0 aromatic heterocycles. The van der Waals surface area contributed by atoms with Crippen molar-refractivity contribution in [1.82, 2.24) is 0 Å². The van der Waals surface area contributed by atoms with E-state index in [2.05, 4.69) is 21.2 Å². The van der Waals surface area contributed by atoms with Crippen molar-refractivity contribution in [1.29, 1.82) is 0 Å². The second-order valence-electron chi connectivity index (χ2n) is 4.04. The van der Waals surface area contributed by atoms with Crippen molar-refractivity contribution < 1.29 is 13.9 Å². The number of nitrogens with one attached hydrogen (secondary N) is 1. The minimum absolute atomic E-state index is 0.0798. The van der Waals surface area contributed by atoms with E-state index in [0.717, 1.165) is 6.07 Å². The van der Waals surface area contributed by atoms with Gasteiger partial charge in [0.25, 0.3) is 5.91 Å². The van der Waals surface area contributed by atoms with Crippen LogP contribution in [0.1, 0.15) is 10.4 Å². The van der Waals surface area contributed by atoms with E-state index in [1.165, 1.54) is 19.2 Å². The fourth-order valence-electron chi connectivity index (χ4n) is 1.70. The fraction of sp³-hybridized carbons (Fsp3) is 0.0714. The van der Waals surface area contributed by atoms with Gasteiger partial charge in [0.2, 0.25) is 0 Å². The topological polar surface area (TPSA) is 38.3 Å². The van der Waals surface area contributed by atoms with E-state index in [1.807, 2.05) is 0 Å². The van der Waals surface area contributed by atoms with Gasteiger partial charge in [-0.2, -0.15) is 0 Å². The molecule has 3 nitrogen and oxygen atoms in total. The van der Waals surface area contributed by atoms with Crippen LogP contribution >= 0.6 is 39.1 Å². The van der Waals surface area contributed by atoms with Crippen molar-refractivity contribution >= 4 is 50.7 Å². The smallest absolute Gasteiger partial charge is 0.259 e. The predicted molar refractivity (Wildman–Crippen MR) is 85.1 cm³/mol. The van der Waals surface area contributed by atoms with Gasteiger partial charge < -0.3 is 10.1 Å². The number of anilines is 1. The monoisotopic (exact) mass is 391 g/mol. The van der Waals surface area contributed by atoms with Gasteiger partial charge in [-0.25, -0.2) is 4.39 Å². The highest BCUT2D eigenvalue weighted by Gasteiger charge is 2.16. The number of carbonyl (C=O) groups excluding carboxylic acids is 1. The Morgan fingerprint density at radius 2 is 2.00 bits per heavy atom. The molecule has 2 rings (SSSR count). The third-order valence-corrected chi connectivity index (χ3v) is 3.81. The molecule has 0 spiro atoms. The third-order valence-electron chi connectivity index (χ3n) is 2.65. The van der Waals surface area contributed by atoms with Gasteiger partial charge in [0.05, 0.1) is 23.4 Å². The van der Waals surface area contributed by atoms with Crippen LogP contribution in [0.15, 0.2) is 34.8 Å². The van der Waals surface area contributed by atoms with E-state index >= 15 is 0 Å². The molecule has 0 heterocycles. The molecule has 0 aliphatic heterocycles. The highest BCUT2D eigenvalue weighted by atomic mass is 79.9. The molecule has 110 valence electrons. The highest BCUT2D eigenvalue weighted by molar-refractivity contribution is 9.10. The first-order valence-electron chi connectivity index (χ1n) is 5.72. The van der Waals surface area contributed by atoms with Crippen LogP contribution in [0.25, 0.3) is 0 Å². The van der Waals surface area contributed by atoms with Gasteiger partial charge in [-0.1, -0.05) is 23.2 Å². The second-order valence-corrected chi connectivity index (χ2v) is 5.74. The SMILES string of the molecule is COc1ccc(Cl)cc1C(=O)Nc1c(Cl)cc(F)cc1Br. The number of ether oxygens (including phenoxy) is 1. The maximum Gasteiger partial charge on any atom is 0.259 e. The average molecular weight is 393 g/mol. The Hall–Kier alpha value is -1.30. The van der Waals surface area contributed by atoms with Crippen LogP contribution < -0.4 is 10.1 Å². The molecule has 2 aromatic rings. The molecule has 1 amide bonds. The lowest BCUT2D eigenvalue weighted by Gasteiger charge is -2.12. The van der Waals surface area contributed by atoms with E-state index in [4.69, 9.17) is 27.9 Å². The zero-order chi connectivity index (χ0) is 15.6. The molecule has 2 aromatic carbocycles. The minimum atomic E-state index is -0.509. The predicted octanol–water partition coefficient (Wildman–Crippen LogP) is 5.16. The van der Waals surface area contributed by atoms with Gasteiger partial charge in [-0.05, 0) is 46.3 Å². The summed E-state index contributed by atoms with van der Waals surface area (Å²) in [4.78, 5) is 12.3. The molecule has 0 bridgehead atoms. The Labute approximate surface area is 139 Å². The summed E-state index contributed by atoms with van der Waals surface area (Å²) in [7, 11) is 1.45. The Morgan fingerprint density at radius 1 is 1.29 bits per heavy atom. The fourth-order valence-corrected chi connectivity index (χ4v) is 2.77. The lowest BCUT2D eigenvalue weighted by Crippen LogP contribution is -2.14. The molecule has 0 saturated carbocycles. The Morgan fingerprint density at radius 3 is 2.62 bits per heavy atom. The normalized spacial score (nSPS) is 10.3. The van der Waals surface area contributed by atoms with Crippen molar-refractivity contribution in [3.63, 3.8) is 0 Å². The molecular weight excluding hydrogens is 384 g/mol. The lowest BCUT2D eigenvalue weighted by atomic mass is 10.2.